The molecule has 0 aromatic carbocycles. The van der Waals surface area contributed by atoms with E-state index >= 15 is 0 Å². The van der Waals surface area contributed by atoms with Gasteiger partial charge < -0.3 is 39.5 Å². The lowest BCUT2D eigenvalue weighted by Gasteiger charge is -2.33. The number of ether oxygens (including phenoxy) is 3. The molecule has 17 nitrogen and oxygen atoms in total. The summed E-state index contributed by atoms with van der Waals surface area (Å²) in [6, 6.07) is 0.321. The maximum atomic E-state index is 12.5. The Morgan fingerprint density at radius 3 is 2.67 bits per heavy atom. The summed E-state index contributed by atoms with van der Waals surface area (Å²) in [6.07, 6.45) is -0.265. The number of hydrogen-bond donors (Lipinski definition) is 6. The zero-order chi connectivity index (χ0) is 27.8. The van der Waals surface area contributed by atoms with Crippen LogP contribution >= 0.6 is 7.60 Å². The zero-order valence-corrected chi connectivity index (χ0v) is 22.3. The minimum absolute atomic E-state index is 0.0121. The third kappa shape index (κ3) is 5.40. The highest BCUT2D eigenvalue weighted by molar-refractivity contribution is 7.53. The predicted molar refractivity (Wildman–Crippen MR) is 132 cm³/mol. The lowest BCUT2D eigenvalue weighted by molar-refractivity contribution is -0.113. The monoisotopic (exact) mass is 569 g/mol. The molecule has 5 atom stereocenters. The van der Waals surface area contributed by atoms with Crippen LogP contribution in [0, 0.1) is 0 Å². The van der Waals surface area contributed by atoms with Crippen molar-refractivity contribution in [3.05, 3.63) is 17.8 Å². The van der Waals surface area contributed by atoms with E-state index in [1.807, 2.05) is 6.92 Å². The number of tetrazole rings is 1. The summed E-state index contributed by atoms with van der Waals surface area (Å²) in [5.41, 5.74) is 0.419. The van der Waals surface area contributed by atoms with Crippen molar-refractivity contribution in [1.29, 1.82) is 0 Å². The SMILES string of the molecule is CCc1nc(NC2CCC2)c2cnn([C@@H]3O[C@H](CO[C@](COC)(Cc4nn[nH]n4)P(=O)(O)O)[C@@H](O)[C@H]3O)c2n1. The third-order valence-corrected chi connectivity index (χ3v) is 8.56. The number of rotatable bonds is 12. The quantitative estimate of drug-likeness (QED) is 0.147. The summed E-state index contributed by atoms with van der Waals surface area (Å²) < 4.78 is 30.6. The molecule has 4 heterocycles. The van der Waals surface area contributed by atoms with Gasteiger partial charge in [-0.3, -0.25) is 4.57 Å². The van der Waals surface area contributed by atoms with E-state index in [1.54, 1.807) is 6.20 Å². The van der Waals surface area contributed by atoms with Gasteiger partial charge in [0.25, 0.3) is 0 Å². The van der Waals surface area contributed by atoms with Gasteiger partial charge in [-0.05, 0) is 19.3 Å². The van der Waals surface area contributed by atoms with E-state index < -0.39 is 57.1 Å². The maximum Gasteiger partial charge on any atom is 0.359 e. The number of nitrogens with zero attached hydrogens (tertiary/aromatic N) is 7. The van der Waals surface area contributed by atoms with Gasteiger partial charge in [0, 0.05) is 19.6 Å². The van der Waals surface area contributed by atoms with E-state index in [9.17, 15) is 24.6 Å². The molecule has 6 N–H and O–H groups in total. The molecule has 1 saturated heterocycles. The molecule has 1 saturated carbocycles. The number of aliphatic hydroxyl groups excluding tert-OH is 2. The van der Waals surface area contributed by atoms with Crippen molar-refractivity contribution in [2.45, 2.75) is 75.0 Å². The van der Waals surface area contributed by atoms with Crippen LogP contribution in [0.5, 0.6) is 0 Å². The highest BCUT2D eigenvalue weighted by Gasteiger charge is 2.52. The van der Waals surface area contributed by atoms with Gasteiger partial charge in [-0.2, -0.15) is 10.3 Å². The molecular formula is C21H32N9O8P. The molecule has 0 spiro atoms. The minimum Gasteiger partial charge on any atom is -0.387 e. The molecule has 2 aliphatic rings. The van der Waals surface area contributed by atoms with Crippen LogP contribution in [0.15, 0.2) is 6.20 Å². The molecule has 0 radical (unpaired) electrons. The normalized spacial score (nSPS) is 25.6. The number of aromatic nitrogens is 8. The third-order valence-electron chi connectivity index (χ3n) is 7.08. The number of anilines is 1. The van der Waals surface area contributed by atoms with Crippen LogP contribution < -0.4 is 5.32 Å². The molecule has 18 heteroatoms. The topological polar surface area (TPSA) is 236 Å². The zero-order valence-electron chi connectivity index (χ0n) is 21.4. The van der Waals surface area contributed by atoms with E-state index in [0.29, 0.717) is 35.1 Å². The van der Waals surface area contributed by atoms with Crippen LogP contribution in [0.2, 0.25) is 0 Å². The van der Waals surface area contributed by atoms with Crippen molar-refractivity contribution in [1.82, 2.24) is 40.4 Å². The number of aryl methyl sites for hydroxylation is 1. The van der Waals surface area contributed by atoms with Crippen molar-refractivity contribution in [3.63, 3.8) is 0 Å². The van der Waals surface area contributed by atoms with Crippen molar-refractivity contribution >= 4 is 24.4 Å². The molecule has 3 aromatic heterocycles. The first kappa shape index (κ1) is 27.9. The number of hydrogen-bond acceptors (Lipinski definition) is 13. The van der Waals surface area contributed by atoms with Crippen molar-refractivity contribution in [2.75, 3.05) is 25.6 Å². The first-order chi connectivity index (χ1) is 18.7. The van der Waals surface area contributed by atoms with Crippen molar-refractivity contribution in [3.8, 4) is 0 Å². The van der Waals surface area contributed by atoms with Gasteiger partial charge >= 0.3 is 7.60 Å². The second kappa shape index (κ2) is 11.1. The first-order valence-corrected chi connectivity index (χ1v) is 14.2. The van der Waals surface area contributed by atoms with Gasteiger partial charge in [-0.1, -0.05) is 12.1 Å². The summed E-state index contributed by atoms with van der Waals surface area (Å²) in [5.74, 6) is 1.21. The van der Waals surface area contributed by atoms with Gasteiger partial charge in [0.1, 0.15) is 30.0 Å². The number of methoxy groups -OCH3 is 1. The minimum atomic E-state index is -4.99. The van der Waals surface area contributed by atoms with Crippen molar-refractivity contribution in [2.24, 2.45) is 0 Å². The van der Waals surface area contributed by atoms with E-state index in [1.165, 1.54) is 11.8 Å². The first-order valence-electron chi connectivity index (χ1n) is 12.6. The van der Waals surface area contributed by atoms with Gasteiger partial charge in [0.15, 0.2) is 23.0 Å². The number of H-pyrrole nitrogens is 1. The Bertz CT molecular complexity index is 1320. The van der Waals surface area contributed by atoms with Crippen LogP contribution in [-0.4, -0.2) is 110 Å². The van der Waals surface area contributed by atoms with Gasteiger partial charge in [0.2, 0.25) is 0 Å². The summed E-state index contributed by atoms with van der Waals surface area (Å²) in [7, 11) is -3.73. The summed E-state index contributed by atoms with van der Waals surface area (Å²) in [4.78, 5) is 29.5. The lowest BCUT2D eigenvalue weighted by atomic mass is 9.93. The molecule has 5 rings (SSSR count). The number of aromatic amines is 1. The van der Waals surface area contributed by atoms with Gasteiger partial charge in [-0.15, -0.1) is 10.2 Å². The lowest BCUT2D eigenvalue weighted by Crippen LogP contribution is -2.44. The van der Waals surface area contributed by atoms with Crippen LogP contribution in [0.4, 0.5) is 5.82 Å². The fraction of sp³-hybridized carbons (Fsp3) is 0.714. The number of fused-ring (bicyclic) bond motifs is 1. The molecule has 0 unspecified atom stereocenters. The molecule has 2 fully saturated rings. The largest absolute Gasteiger partial charge is 0.387 e. The smallest absolute Gasteiger partial charge is 0.359 e. The summed E-state index contributed by atoms with van der Waals surface area (Å²) >= 11 is 0. The molecular weight excluding hydrogens is 537 g/mol. The number of aliphatic hydroxyl groups is 2. The average molecular weight is 570 g/mol. The Morgan fingerprint density at radius 1 is 1.26 bits per heavy atom. The molecule has 0 bridgehead atoms. The second-order valence-electron chi connectivity index (χ2n) is 9.73. The summed E-state index contributed by atoms with van der Waals surface area (Å²) in [5, 5.41) is 41.1. The number of nitrogens with one attached hydrogen (secondary N) is 2. The predicted octanol–water partition coefficient (Wildman–Crippen LogP) is -0.735. The standard InChI is InChI=1S/C21H32N9O8P/c1-3-14-24-18(23-11-5-4-6-11)12-8-22-30(19(12)25-14)20-17(32)16(31)13(38-20)9-37-21(10-36-2,39(33,34)35)7-15-26-28-29-27-15/h8,11,13,16-17,20,31-32H,3-7,9-10H2,1-2H3,(H,23,24,25)(H2,33,34,35)(H,26,27,28,29)/t13-,16-,17-,20-,21-/m1/s1. The Kier molecular flexibility index (Phi) is 7.94. The highest BCUT2D eigenvalue weighted by Crippen LogP contribution is 2.53. The van der Waals surface area contributed by atoms with E-state index in [0.717, 1.165) is 19.3 Å². The van der Waals surface area contributed by atoms with Crippen LogP contribution in [-0.2, 0) is 31.6 Å². The molecule has 1 aliphatic carbocycles. The molecule has 0 amide bonds. The highest BCUT2D eigenvalue weighted by atomic mass is 31.2. The Hall–Kier alpha value is -2.63. The molecule has 1 aliphatic heterocycles. The van der Waals surface area contributed by atoms with Crippen LogP contribution in [0.1, 0.15) is 44.1 Å². The Labute approximate surface area is 222 Å². The van der Waals surface area contributed by atoms with Crippen LogP contribution in [0.25, 0.3) is 11.0 Å². The van der Waals surface area contributed by atoms with Gasteiger partial charge in [0.05, 0.1) is 31.2 Å². The molecule has 3 aromatic rings. The van der Waals surface area contributed by atoms with E-state index in [-0.39, 0.29) is 5.82 Å². The fourth-order valence-corrected chi connectivity index (χ4v) is 5.51. The maximum absolute atomic E-state index is 12.5. The molecule has 39 heavy (non-hydrogen) atoms. The summed E-state index contributed by atoms with van der Waals surface area (Å²) in [6.45, 7) is 0.913. The average Bonchev–Trinajstić information content (AvgIpc) is 3.60. The van der Waals surface area contributed by atoms with Gasteiger partial charge in [-0.25, -0.2) is 14.6 Å². The van der Waals surface area contributed by atoms with Crippen molar-refractivity contribution < 1.29 is 38.8 Å². The fourth-order valence-electron chi connectivity index (χ4n) is 4.62. The Morgan fingerprint density at radius 2 is 2.05 bits per heavy atom. The van der Waals surface area contributed by atoms with E-state index in [2.05, 4.69) is 41.0 Å². The Balaban J connectivity index is 1.38. The van der Waals surface area contributed by atoms with Crippen LogP contribution in [0.3, 0.4) is 0 Å². The van der Waals surface area contributed by atoms with E-state index in [4.69, 9.17) is 14.2 Å². The molecule has 214 valence electrons. The second-order valence-corrected chi connectivity index (χ2v) is 11.6.